The first-order chi connectivity index (χ1) is 13.9. The molecule has 3 nitrogen and oxygen atoms in total. The highest BCUT2D eigenvalue weighted by Gasteiger charge is 2.41. The minimum Gasteiger partial charge on any atom is -0.342 e. The Hall–Kier alpha value is -2.46. The smallest absolute Gasteiger partial charge is 0.222 e. The Labute approximate surface area is 167 Å². The quantitative estimate of drug-likeness (QED) is 0.599. The largest absolute Gasteiger partial charge is 0.342 e. The van der Waals surface area contributed by atoms with Gasteiger partial charge in [0.25, 0.3) is 0 Å². The monoisotopic (exact) mass is 373 g/mol. The van der Waals surface area contributed by atoms with Crippen LogP contribution >= 0.6 is 0 Å². The second-order valence-electron chi connectivity index (χ2n) is 7.18. The van der Waals surface area contributed by atoms with Crippen molar-refractivity contribution in [3.05, 3.63) is 108 Å². The van der Waals surface area contributed by atoms with Crippen LogP contribution in [-0.4, -0.2) is 19.3 Å². The molecule has 1 fully saturated rings. The number of nitrogens with one attached hydrogen (secondary N) is 1. The third kappa shape index (κ3) is 4.33. The molecule has 1 saturated heterocycles. The average Bonchev–Trinajstić information content (AvgIpc) is 2.79. The fourth-order valence-electron chi connectivity index (χ4n) is 3.74. The first kappa shape index (κ1) is 18.9. The van der Waals surface area contributed by atoms with Crippen LogP contribution in [0, 0.1) is 0 Å². The topological polar surface area (TPSA) is 30.5 Å². The van der Waals surface area contributed by atoms with Gasteiger partial charge in [-0.3, -0.25) is 0 Å². The highest BCUT2D eigenvalue weighted by Crippen LogP contribution is 2.40. The normalized spacial score (nSPS) is 18.6. The molecule has 1 atom stereocenters. The van der Waals surface area contributed by atoms with Crippen molar-refractivity contribution >= 4 is 0 Å². The molecule has 1 heterocycles. The minimum atomic E-state index is -0.829. The van der Waals surface area contributed by atoms with Gasteiger partial charge in [-0.15, -0.1) is 0 Å². The van der Waals surface area contributed by atoms with Crippen molar-refractivity contribution in [2.45, 2.75) is 31.3 Å². The molecule has 1 unspecified atom stereocenters. The predicted octanol–water partition coefficient (Wildman–Crippen LogP) is 4.87. The number of rotatable bonds is 7. The van der Waals surface area contributed by atoms with E-state index in [0.717, 1.165) is 37.1 Å². The molecule has 0 bridgehead atoms. The molecule has 0 radical (unpaired) electrons. The molecule has 1 aliphatic rings. The lowest BCUT2D eigenvalue weighted by Crippen LogP contribution is -2.44. The molecule has 144 valence electrons. The molecule has 1 aliphatic heterocycles. The van der Waals surface area contributed by atoms with Gasteiger partial charge in [-0.05, 0) is 24.9 Å². The van der Waals surface area contributed by atoms with Crippen LogP contribution in [0.25, 0.3) is 0 Å². The lowest BCUT2D eigenvalue weighted by Gasteiger charge is -2.42. The zero-order valence-corrected chi connectivity index (χ0v) is 16.1. The summed E-state index contributed by atoms with van der Waals surface area (Å²) in [5.41, 5.74) is 3.39. The molecule has 4 rings (SSSR count). The van der Waals surface area contributed by atoms with Gasteiger partial charge in [-0.1, -0.05) is 91.0 Å². The Bertz CT molecular complexity index is 797. The highest BCUT2D eigenvalue weighted by atomic mass is 16.7. The van der Waals surface area contributed by atoms with E-state index >= 15 is 0 Å². The predicted molar refractivity (Wildman–Crippen MR) is 112 cm³/mol. The van der Waals surface area contributed by atoms with Crippen LogP contribution in [0.2, 0.25) is 0 Å². The molecule has 28 heavy (non-hydrogen) atoms. The van der Waals surface area contributed by atoms with E-state index in [1.807, 2.05) is 42.5 Å². The van der Waals surface area contributed by atoms with Crippen LogP contribution in [0.1, 0.15) is 29.5 Å². The van der Waals surface area contributed by atoms with Gasteiger partial charge in [0.15, 0.2) is 0 Å². The Kier molecular flexibility index (Phi) is 6.17. The van der Waals surface area contributed by atoms with E-state index in [4.69, 9.17) is 9.47 Å². The first-order valence-corrected chi connectivity index (χ1v) is 10.0. The number of hydrogen-bond donors (Lipinski definition) is 1. The summed E-state index contributed by atoms with van der Waals surface area (Å²) >= 11 is 0. The maximum absolute atomic E-state index is 6.64. The summed E-state index contributed by atoms with van der Waals surface area (Å²) in [7, 11) is 0. The third-order valence-corrected chi connectivity index (χ3v) is 5.20. The second-order valence-corrected chi connectivity index (χ2v) is 7.18. The SMILES string of the molecule is c1ccc(CNCCC2CCOC(c3ccccc3)(c3ccccc3)O2)cc1. The van der Waals surface area contributed by atoms with E-state index in [9.17, 15) is 0 Å². The lowest BCUT2D eigenvalue weighted by molar-refractivity contribution is -0.279. The molecule has 0 amide bonds. The molecular formula is C25H27NO2. The molecule has 3 aromatic carbocycles. The van der Waals surface area contributed by atoms with Gasteiger partial charge in [0.2, 0.25) is 5.79 Å². The number of benzene rings is 3. The molecule has 0 spiro atoms. The fraction of sp³-hybridized carbons (Fsp3) is 0.280. The summed E-state index contributed by atoms with van der Waals surface area (Å²) < 4.78 is 12.9. The first-order valence-electron chi connectivity index (χ1n) is 10.0. The second kappa shape index (κ2) is 9.16. The molecular weight excluding hydrogens is 346 g/mol. The standard InChI is InChI=1S/C25H27NO2/c1-4-10-21(11-5-1)20-26-18-16-24-17-19-27-25(28-24,22-12-6-2-7-13-22)23-14-8-3-9-15-23/h1-15,24,26H,16-20H2. The number of hydrogen-bond acceptors (Lipinski definition) is 3. The average molecular weight is 373 g/mol. The Morgan fingerprint density at radius 1 is 0.786 bits per heavy atom. The van der Waals surface area contributed by atoms with Crippen molar-refractivity contribution in [2.75, 3.05) is 13.2 Å². The van der Waals surface area contributed by atoms with Crippen molar-refractivity contribution in [3.63, 3.8) is 0 Å². The Morgan fingerprint density at radius 3 is 1.96 bits per heavy atom. The van der Waals surface area contributed by atoms with Crippen LogP contribution in [-0.2, 0) is 21.8 Å². The molecule has 3 heteroatoms. The van der Waals surface area contributed by atoms with Gasteiger partial charge in [0, 0.05) is 17.7 Å². The summed E-state index contributed by atoms with van der Waals surface area (Å²) in [6.07, 6.45) is 2.02. The van der Waals surface area contributed by atoms with Gasteiger partial charge < -0.3 is 14.8 Å². The molecule has 0 saturated carbocycles. The zero-order chi connectivity index (χ0) is 19.1. The lowest BCUT2D eigenvalue weighted by atomic mass is 9.95. The van der Waals surface area contributed by atoms with E-state index < -0.39 is 5.79 Å². The highest BCUT2D eigenvalue weighted by molar-refractivity contribution is 5.34. The van der Waals surface area contributed by atoms with E-state index in [0.29, 0.717) is 6.61 Å². The van der Waals surface area contributed by atoms with E-state index in [1.165, 1.54) is 5.56 Å². The summed E-state index contributed by atoms with van der Waals surface area (Å²) in [6.45, 7) is 2.49. The number of ether oxygens (including phenoxy) is 2. The van der Waals surface area contributed by atoms with Gasteiger partial charge in [-0.25, -0.2) is 0 Å². The van der Waals surface area contributed by atoms with Crippen molar-refractivity contribution in [2.24, 2.45) is 0 Å². The minimum absolute atomic E-state index is 0.150. The van der Waals surface area contributed by atoms with Gasteiger partial charge in [0.1, 0.15) is 0 Å². The van der Waals surface area contributed by atoms with E-state index in [1.54, 1.807) is 0 Å². The summed E-state index contributed by atoms with van der Waals surface area (Å²) in [5, 5.41) is 3.54. The molecule has 3 aromatic rings. The fourth-order valence-corrected chi connectivity index (χ4v) is 3.74. The summed E-state index contributed by atoms with van der Waals surface area (Å²) in [6, 6.07) is 31.0. The summed E-state index contributed by atoms with van der Waals surface area (Å²) in [5.74, 6) is -0.829. The third-order valence-electron chi connectivity index (χ3n) is 5.20. The zero-order valence-electron chi connectivity index (χ0n) is 16.1. The van der Waals surface area contributed by atoms with Crippen LogP contribution in [0.3, 0.4) is 0 Å². The van der Waals surface area contributed by atoms with Crippen LogP contribution in [0.5, 0.6) is 0 Å². The Morgan fingerprint density at radius 2 is 1.36 bits per heavy atom. The van der Waals surface area contributed by atoms with Crippen LogP contribution in [0.4, 0.5) is 0 Å². The van der Waals surface area contributed by atoms with Gasteiger partial charge in [-0.2, -0.15) is 0 Å². The van der Waals surface area contributed by atoms with Crippen LogP contribution in [0.15, 0.2) is 91.0 Å². The van der Waals surface area contributed by atoms with Crippen LogP contribution < -0.4 is 5.32 Å². The maximum atomic E-state index is 6.64. The molecule has 0 aromatic heterocycles. The van der Waals surface area contributed by atoms with E-state index in [-0.39, 0.29) is 6.10 Å². The summed E-state index contributed by atoms with van der Waals surface area (Å²) in [4.78, 5) is 0. The molecule has 0 aliphatic carbocycles. The van der Waals surface area contributed by atoms with E-state index in [2.05, 4.69) is 53.8 Å². The van der Waals surface area contributed by atoms with Crippen molar-refractivity contribution in [1.29, 1.82) is 0 Å². The van der Waals surface area contributed by atoms with Crippen molar-refractivity contribution in [3.8, 4) is 0 Å². The van der Waals surface area contributed by atoms with Crippen molar-refractivity contribution < 1.29 is 9.47 Å². The Balaban J connectivity index is 1.45. The van der Waals surface area contributed by atoms with Crippen molar-refractivity contribution in [1.82, 2.24) is 5.32 Å². The maximum Gasteiger partial charge on any atom is 0.222 e. The van der Waals surface area contributed by atoms with Gasteiger partial charge >= 0.3 is 0 Å². The van der Waals surface area contributed by atoms with Gasteiger partial charge in [0.05, 0.1) is 12.7 Å². The molecule has 1 N–H and O–H groups in total.